The van der Waals surface area contributed by atoms with Gasteiger partial charge in [0.05, 0.1) is 18.3 Å². The zero-order chi connectivity index (χ0) is 17.5. The highest BCUT2D eigenvalue weighted by molar-refractivity contribution is 5.94. The molecule has 0 saturated carbocycles. The van der Waals surface area contributed by atoms with Gasteiger partial charge in [-0.25, -0.2) is 0 Å². The number of nitrogens with zero attached hydrogens (tertiary/aromatic N) is 2. The van der Waals surface area contributed by atoms with Crippen LogP contribution in [0.1, 0.15) is 47.6 Å². The summed E-state index contributed by atoms with van der Waals surface area (Å²) in [4.78, 5) is 12.1. The van der Waals surface area contributed by atoms with Crippen molar-refractivity contribution in [3.05, 3.63) is 52.8 Å². The molecule has 0 aliphatic carbocycles. The van der Waals surface area contributed by atoms with Crippen molar-refractivity contribution in [2.24, 2.45) is 0 Å². The summed E-state index contributed by atoms with van der Waals surface area (Å²) in [7, 11) is 0. The zero-order valence-corrected chi connectivity index (χ0v) is 15.0. The van der Waals surface area contributed by atoms with Crippen LogP contribution in [-0.2, 0) is 11.3 Å². The molecule has 24 heavy (non-hydrogen) atoms. The normalized spacial score (nSPS) is 11.0. The van der Waals surface area contributed by atoms with Crippen molar-refractivity contribution < 1.29 is 9.53 Å². The van der Waals surface area contributed by atoms with Crippen molar-refractivity contribution >= 4 is 5.91 Å². The predicted molar refractivity (Wildman–Crippen MR) is 95.3 cm³/mol. The maximum absolute atomic E-state index is 12.1. The monoisotopic (exact) mass is 329 g/mol. The molecule has 0 aliphatic rings. The van der Waals surface area contributed by atoms with Crippen LogP contribution in [0.5, 0.6) is 0 Å². The molecule has 0 saturated heterocycles. The topological polar surface area (TPSA) is 56.2 Å². The average molecular weight is 329 g/mol. The van der Waals surface area contributed by atoms with Crippen LogP contribution in [0.3, 0.4) is 0 Å². The van der Waals surface area contributed by atoms with E-state index in [1.54, 1.807) is 0 Å². The Morgan fingerprint density at radius 3 is 2.54 bits per heavy atom. The molecule has 2 aromatic rings. The van der Waals surface area contributed by atoms with Gasteiger partial charge >= 0.3 is 0 Å². The van der Waals surface area contributed by atoms with Gasteiger partial charge in [0.25, 0.3) is 5.91 Å². The molecule has 1 amide bonds. The maximum atomic E-state index is 12.1. The Bertz CT molecular complexity index is 660. The lowest BCUT2D eigenvalue weighted by molar-refractivity contribution is 0.0757. The Labute approximate surface area is 144 Å². The molecule has 130 valence electrons. The predicted octanol–water partition coefficient (Wildman–Crippen LogP) is 3.09. The van der Waals surface area contributed by atoms with Gasteiger partial charge < -0.3 is 10.1 Å². The number of hydrogen-bond acceptors (Lipinski definition) is 3. The van der Waals surface area contributed by atoms with E-state index in [1.165, 1.54) is 0 Å². The molecular weight excluding hydrogens is 302 g/mol. The summed E-state index contributed by atoms with van der Waals surface area (Å²) in [5.74, 6) is -0.0442. The summed E-state index contributed by atoms with van der Waals surface area (Å²) in [6.07, 6.45) is 1.05. The number of aromatic nitrogens is 2. The summed E-state index contributed by atoms with van der Waals surface area (Å²) in [5.41, 5.74) is 3.96. The minimum atomic E-state index is -0.0442. The van der Waals surface area contributed by atoms with Crippen LogP contribution >= 0.6 is 0 Å². The van der Waals surface area contributed by atoms with E-state index in [-0.39, 0.29) is 12.0 Å². The molecule has 0 radical (unpaired) electrons. The van der Waals surface area contributed by atoms with Crippen molar-refractivity contribution in [2.45, 2.75) is 46.8 Å². The highest BCUT2D eigenvalue weighted by atomic mass is 16.5. The third-order valence-corrected chi connectivity index (χ3v) is 3.71. The van der Waals surface area contributed by atoms with Gasteiger partial charge in [-0.1, -0.05) is 12.1 Å². The smallest absolute Gasteiger partial charge is 0.251 e. The molecule has 0 spiro atoms. The fourth-order valence-corrected chi connectivity index (χ4v) is 2.46. The molecule has 0 unspecified atom stereocenters. The zero-order valence-electron chi connectivity index (χ0n) is 15.0. The van der Waals surface area contributed by atoms with Gasteiger partial charge in [0.2, 0.25) is 0 Å². The van der Waals surface area contributed by atoms with Gasteiger partial charge in [0.1, 0.15) is 0 Å². The number of ether oxygens (including phenoxy) is 1. The Kier molecular flexibility index (Phi) is 6.55. The van der Waals surface area contributed by atoms with Gasteiger partial charge in [-0.05, 0) is 57.9 Å². The van der Waals surface area contributed by atoms with E-state index in [9.17, 15) is 4.79 Å². The van der Waals surface area contributed by atoms with E-state index >= 15 is 0 Å². The second-order valence-corrected chi connectivity index (χ2v) is 6.31. The van der Waals surface area contributed by atoms with Crippen LogP contribution in [0.2, 0.25) is 0 Å². The van der Waals surface area contributed by atoms with Crippen LogP contribution in [0, 0.1) is 13.8 Å². The van der Waals surface area contributed by atoms with Crippen molar-refractivity contribution in [1.29, 1.82) is 0 Å². The van der Waals surface area contributed by atoms with E-state index in [2.05, 4.69) is 16.5 Å². The summed E-state index contributed by atoms with van der Waals surface area (Å²) < 4.78 is 7.42. The number of carbonyl (C=O) groups is 1. The van der Waals surface area contributed by atoms with Gasteiger partial charge in [-0.15, -0.1) is 0 Å². The largest absolute Gasteiger partial charge is 0.379 e. The lowest BCUT2D eigenvalue weighted by atomic mass is 10.1. The van der Waals surface area contributed by atoms with Crippen molar-refractivity contribution in [3.63, 3.8) is 0 Å². The molecule has 0 bridgehead atoms. The number of carbonyl (C=O) groups excluding carboxylic acids is 1. The van der Waals surface area contributed by atoms with Crippen LogP contribution in [0.25, 0.3) is 0 Å². The summed E-state index contributed by atoms with van der Waals surface area (Å²) in [6.45, 7) is 10.1. The van der Waals surface area contributed by atoms with E-state index in [4.69, 9.17) is 4.74 Å². The lowest BCUT2D eigenvalue weighted by Crippen LogP contribution is -2.25. The van der Waals surface area contributed by atoms with Gasteiger partial charge in [0, 0.05) is 24.4 Å². The maximum Gasteiger partial charge on any atom is 0.251 e. The van der Waals surface area contributed by atoms with E-state index in [0.717, 1.165) is 23.4 Å². The SMILES string of the molecule is Cc1cc(C)n(Cc2ccc(C(=O)NCCCOC(C)C)cc2)n1. The highest BCUT2D eigenvalue weighted by Crippen LogP contribution is 2.09. The average Bonchev–Trinajstić information content (AvgIpc) is 2.84. The van der Waals surface area contributed by atoms with E-state index in [0.29, 0.717) is 25.3 Å². The van der Waals surface area contributed by atoms with Gasteiger partial charge in [-0.2, -0.15) is 5.10 Å². The first-order chi connectivity index (χ1) is 11.5. The van der Waals surface area contributed by atoms with Crippen molar-refractivity contribution in [2.75, 3.05) is 13.2 Å². The second kappa shape index (κ2) is 8.64. The number of rotatable bonds is 8. The Hall–Kier alpha value is -2.14. The van der Waals surface area contributed by atoms with Crippen LogP contribution < -0.4 is 5.32 Å². The highest BCUT2D eigenvalue weighted by Gasteiger charge is 2.06. The fraction of sp³-hybridized carbons (Fsp3) is 0.474. The lowest BCUT2D eigenvalue weighted by Gasteiger charge is -2.09. The third kappa shape index (κ3) is 5.49. The molecule has 1 aromatic carbocycles. The number of nitrogens with one attached hydrogen (secondary N) is 1. The van der Waals surface area contributed by atoms with E-state index in [1.807, 2.05) is 56.6 Å². The molecule has 5 heteroatoms. The molecule has 0 aliphatic heterocycles. The van der Waals surface area contributed by atoms with E-state index < -0.39 is 0 Å². The first-order valence-electron chi connectivity index (χ1n) is 8.45. The number of hydrogen-bond donors (Lipinski definition) is 1. The molecule has 5 nitrogen and oxygen atoms in total. The molecule has 1 heterocycles. The van der Waals surface area contributed by atoms with Crippen molar-refractivity contribution in [3.8, 4) is 0 Å². The quantitative estimate of drug-likeness (QED) is 0.757. The van der Waals surface area contributed by atoms with Gasteiger partial charge in [0.15, 0.2) is 0 Å². The van der Waals surface area contributed by atoms with Crippen molar-refractivity contribution in [1.82, 2.24) is 15.1 Å². The Morgan fingerprint density at radius 1 is 1.25 bits per heavy atom. The molecule has 0 atom stereocenters. The molecule has 1 N–H and O–H groups in total. The molecule has 1 aromatic heterocycles. The Morgan fingerprint density at radius 2 is 1.96 bits per heavy atom. The molecule has 0 fully saturated rings. The molecule has 2 rings (SSSR count). The number of amides is 1. The standard InChI is InChI=1S/C19H27N3O2/c1-14(2)24-11-5-10-20-19(23)18-8-6-17(7-9-18)13-22-16(4)12-15(3)21-22/h6-9,12,14H,5,10-11,13H2,1-4H3,(H,20,23). The molecular formula is C19H27N3O2. The first-order valence-corrected chi connectivity index (χ1v) is 8.45. The van der Waals surface area contributed by atoms with Gasteiger partial charge in [-0.3, -0.25) is 9.48 Å². The minimum absolute atomic E-state index is 0.0442. The summed E-state index contributed by atoms with van der Waals surface area (Å²) in [6, 6.07) is 9.74. The second-order valence-electron chi connectivity index (χ2n) is 6.31. The van der Waals surface area contributed by atoms with Crippen LogP contribution in [0.15, 0.2) is 30.3 Å². The first kappa shape index (κ1) is 18.2. The number of aryl methyl sites for hydroxylation is 2. The third-order valence-electron chi connectivity index (χ3n) is 3.71. The Balaban J connectivity index is 1.82. The summed E-state index contributed by atoms with van der Waals surface area (Å²) in [5, 5.41) is 7.38. The van der Waals surface area contributed by atoms with Crippen LogP contribution in [0.4, 0.5) is 0 Å². The van der Waals surface area contributed by atoms with Crippen LogP contribution in [-0.4, -0.2) is 34.9 Å². The number of benzene rings is 1. The summed E-state index contributed by atoms with van der Waals surface area (Å²) >= 11 is 0. The fourth-order valence-electron chi connectivity index (χ4n) is 2.46. The minimum Gasteiger partial charge on any atom is -0.379 e.